The maximum Gasteiger partial charge on any atom is 0.257 e. The minimum absolute atomic E-state index is 0.0900. The topological polar surface area (TPSA) is 75.9 Å². The van der Waals surface area contributed by atoms with Gasteiger partial charge in [0.05, 0.1) is 5.56 Å². The molecular weight excluding hydrogens is 318 g/mol. The van der Waals surface area contributed by atoms with E-state index in [1.165, 1.54) is 5.69 Å². The highest BCUT2D eigenvalue weighted by Gasteiger charge is 2.24. The number of hydrogen-bond donors (Lipinski definition) is 1. The third kappa shape index (κ3) is 4.09. The number of para-hydroxylation sites is 2. The molecule has 0 aliphatic carbocycles. The summed E-state index contributed by atoms with van der Waals surface area (Å²) in [7, 11) is 0. The predicted molar refractivity (Wildman–Crippen MR) is 95.7 cm³/mol. The molecule has 6 nitrogen and oxygen atoms in total. The molecule has 0 saturated carbocycles. The van der Waals surface area contributed by atoms with Crippen LogP contribution in [0.2, 0.25) is 0 Å². The maximum absolute atomic E-state index is 12.8. The molecule has 3 rings (SSSR count). The molecular formula is C19H21N3O3. The van der Waals surface area contributed by atoms with Crippen molar-refractivity contribution >= 4 is 17.5 Å². The zero-order valence-electron chi connectivity index (χ0n) is 13.9. The fourth-order valence-corrected chi connectivity index (χ4v) is 2.89. The molecule has 1 fully saturated rings. The van der Waals surface area contributed by atoms with E-state index in [-0.39, 0.29) is 12.5 Å². The van der Waals surface area contributed by atoms with Crippen molar-refractivity contribution in [2.75, 3.05) is 37.7 Å². The number of piperazine rings is 1. The van der Waals surface area contributed by atoms with Crippen LogP contribution in [0.5, 0.6) is 5.75 Å². The standard InChI is InChI=1S/C19H21N3O3/c20-18(23)14-25-17-9-5-4-8-16(17)19(24)22-12-10-21(11-13-22)15-6-2-1-3-7-15/h1-9H,10-14H2,(H2,20,23). The Kier molecular flexibility index (Phi) is 5.18. The Morgan fingerprint density at radius 2 is 1.56 bits per heavy atom. The number of hydrogen-bond acceptors (Lipinski definition) is 4. The zero-order chi connectivity index (χ0) is 17.6. The minimum atomic E-state index is -0.571. The van der Waals surface area contributed by atoms with E-state index in [2.05, 4.69) is 17.0 Å². The number of nitrogens with zero attached hydrogens (tertiary/aromatic N) is 2. The van der Waals surface area contributed by atoms with Gasteiger partial charge in [-0.05, 0) is 24.3 Å². The summed E-state index contributed by atoms with van der Waals surface area (Å²) in [6, 6.07) is 17.1. The van der Waals surface area contributed by atoms with E-state index in [0.717, 1.165) is 13.1 Å². The van der Waals surface area contributed by atoms with E-state index in [9.17, 15) is 9.59 Å². The van der Waals surface area contributed by atoms with Crippen molar-refractivity contribution in [3.8, 4) is 5.75 Å². The van der Waals surface area contributed by atoms with Crippen molar-refractivity contribution in [3.63, 3.8) is 0 Å². The highest BCUT2D eigenvalue weighted by Crippen LogP contribution is 2.22. The molecule has 2 aromatic rings. The third-order valence-electron chi connectivity index (χ3n) is 4.18. The number of benzene rings is 2. The lowest BCUT2D eigenvalue weighted by molar-refractivity contribution is -0.119. The number of carbonyl (C=O) groups is 2. The molecule has 0 aromatic heterocycles. The molecule has 0 radical (unpaired) electrons. The Balaban J connectivity index is 1.66. The van der Waals surface area contributed by atoms with E-state index < -0.39 is 5.91 Å². The molecule has 0 bridgehead atoms. The first-order chi connectivity index (χ1) is 12.1. The lowest BCUT2D eigenvalue weighted by atomic mass is 10.1. The van der Waals surface area contributed by atoms with Crippen LogP contribution in [0.15, 0.2) is 54.6 Å². The van der Waals surface area contributed by atoms with Gasteiger partial charge in [-0.1, -0.05) is 30.3 Å². The van der Waals surface area contributed by atoms with Crippen molar-refractivity contribution in [1.82, 2.24) is 4.90 Å². The van der Waals surface area contributed by atoms with Crippen LogP contribution in [0.4, 0.5) is 5.69 Å². The van der Waals surface area contributed by atoms with Gasteiger partial charge in [-0.25, -0.2) is 0 Å². The summed E-state index contributed by atoms with van der Waals surface area (Å²) < 4.78 is 5.37. The lowest BCUT2D eigenvalue weighted by Crippen LogP contribution is -2.48. The molecule has 0 spiro atoms. The van der Waals surface area contributed by atoms with E-state index in [4.69, 9.17) is 10.5 Å². The molecule has 0 unspecified atom stereocenters. The van der Waals surface area contributed by atoms with Crippen molar-refractivity contribution in [3.05, 3.63) is 60.2 Å². The van der Waals surface area contributed by atoms with Gasteiger partial charge in [0, 0.05) is 31.9 Å². The van der Waals surface area contributed by atoms with Gasteiger partial charge >= 0.3 is 0 Å². The van der Waals surface area contributed by atoms with Crippen LogP contribution in [-0.2, 0) is 4.79 Å². The van der Waals surface area contributed by atoms with E-state index in [0.29, 0.717) is 24.4 Å². The Morgan fingerprint density at radius 3 is 2.24 bits per heavy atom. The van der Waals surface area contributed by atoms with Crippen LogP contribution in [0, 0.1) is 0 Å². The van der Waals surface area contributed by atoms with Gasteiger partial charge in [0.2, 0.25) is 0 Å². The number of anilines is 1. The van der Waals surface area contributed by atoms with Gasteiger partial charge in [-0.3, -0.25) is 9.59 Å². The first-order valence-electron chi connectivity index (χ1n) is 8.24. The summed E-state index contributed by atoms with van der Waals surface area (Å²) in [5.74, 6) is -0.275. The van der Waals surface area contributed by atoms with E-state index in [1.807, 2.05) is 23.1 Å². The van der Waals surface area contributed by atoms with Crippen LogP contribution in [0.25, 0.3) is 0 Å². The average Bonchev–Trinajstić information content (AvgIpc) is 2.67. The van der Waals surface area contributed by atoms with Crippen LogP contribution >= 0.6 is 0 Å². The molecule has 130 valence electrons. The Labute approximate surface area is 146 Å². The predicted octanol–water partition coefficient (Wildman–Crippen LogP) is 1.51. The second kappa shape index (κ2) is 7.70. The second-order valence-electron chi connectivity index (χ2n) is 5.87. The summed E-state index contributed by atoms with van der Waals surface area (Å²) in [6.07, 6.45) is 0. The van der Waals surface area contributed by atoms with E-state index in [1.54, 1.807) is 24.3 Å². The highest BCUT2D eigenvalue weighted by molar-refractivity contribution is 5.97. The molecule has 2 N–H and O–H groups in total. The molecule has 1 saturated heterocycles. The summed E-state index contributed by atoms with van der Waals surface area (Å²) in [6.45, 7) is 2.59. The Morgan fingerprint density at radius 1 is 0.920 bits per heavy atom. The van der Waals surface area contributed by atoms with Crippen molar-refractivity contribution in [1.29, 1.82) is 0 Å². The Hall–Kier alpha value is -3.02. The van der Waals surface area contributed by atoms with Crippen molar-refractivity contribution in [2.45, 2.75) is 0 Å². The van der Waals surface area contributed by atoms with Gasteiger partial charge in [-0.2, -0.15) is 0 Å². The number of primary amides is 1. The fourth-order valence-electron chi connectivity index (χ4n) is 2.89. The van der Waals surface area contributed by atoms with E-state index >= 15 is 0 Å². The van der Waals surface area contributed by atoms with Crippen LogP contribution in [0.3, 0.4) is 0 Å². The van der Waals surface area contributed by atoms with Crippen LogP contribution in [0.1, 0.15) is 10.4 Å². The summed E-state index contributed by atoms with van der Waals surface area (Å²) in [4.78, 5) is 27.8. The van der Waals surface area contributed by atoms with Gasteiger partial charge in [-0.15, -0.1) is 0 Å². The van der Waals surface area contributed by atoms with Gasteiger partial charge in [0.25, 0.3) is 11.8 Å². The zero-order valence-corrected chi connectivity index (χ0v) is 13.9. The maximum atomic E-state index is 12.8. The largest absolute Gasteiger partial charge is 0.483 e. The SMILES string of the molecule is NC(=O)COc1ccccc1C(=O)N1CCN(c2ccccc2)CC1. The average molecular weight is 339 g/mol. The number of carbonyl (C=O) groups excluding carboxylic acids is 2. The molecule has 25 heavy (non-hydrogen) atoms. The minimum Gasteiger partial charge on any atom is -0.483 e. The smallest absolute Gasteiger partial charge is 0.257 e. The second-order valence-corrected chi connectivity index (χ2v) is 5.87. The number of amides is 2. The first-order valence-corrected chi connectivity index (χ1v) is 8.24. The lowest BCUT2D eigenvalue weighted by Gasteiger charge is -2.36. The number of ether oxygens (including phenoxy) is 1. The van der Waals surface area contributed by atoms with Gasteiger partial charge < -0.3 is 20.3 Å². The normalized spacial score (nSPS) is 14.2. The summed E-state index contributed by atoms with van der Waals surface area (Å²) in [5, 5.41) is 0. The van der Waals surface area contributed by atoms with Gasteiger partial charge in [0.1, 0.15) is 5.75 Å². The highest BCUT2D eigenvalue weighted by atomic mass is 16.5. The molecule has 2 amide bonds. The third-order valence-corrected chi connectivity index (χ3v) is 4.18. The quantitative estimate of drug-likeness (QED) is 0.896. The monoisotopic (exact) mass is 339 g/mol. The molecule has 6 heteroatoms. The van der Waals surface area contributed by atoms with Crippen molar-refractivity contribution in [2.24, 2.45) is 5.73 Å². The molecule has 0 atom stereocenters. The van der Waals surface area contributed by atoms with Crippen LogP contribution in [-0.4, -0.2) is 49.5 Å². The molecule has 1 aliphatic rings. The van der Waals surface area contributed by atoms with Gasteiger partial charge in [0.15, 0.2) is 6.61 Å². The summed E-state index contributed by atoms with van der Waals surface area (Å²) >= 11 is 0. The summed E-state index contributed by atoms with van der Waals surface area (Å²) in [5.41, 5.74) is 6.74. The number of nitrogens with two attached hydrogens (primary N) is 1. The molecule has 2 aromatic carbocycles. The number of rotatable bonds is 5. The first kappa shape index (κ1) is 16.8. The fraction of sp³-hybridized carbons (Fsp3) is 0.263. The van der Waals surface area contributed by atoms with Crippen molar-refractivity contribution < 1.29 is 14.3 Å². The molecule has 1 heterocycles. The Bertz CT molecular complexity index is 741. The molecule has 1 aliphatic heterocycles. The van der Waals surface area contributed by atoms with Crippen LogP contribution < -0.4 is 15.4 Å².